The van der Waals surface area contributed by atoms with Crippen LogP contribution in [0.25, 0.3) is 0 Å². The van der Waals surface area contributed by atoms with Crippen LogP contribution < -0.4 is 10.6 Å². The maximum Gasteiger partial charge on any atom is 0.673 e. The first kappa shape index (κ1) is 16.7. The van der Waals surface area contributed by atoms with E-state index in [-0.39, 0.29) is 0 Å². The molecule has 0 aromatic rings. The standard InChI is InChI=1S/2C5H11N.BF4/c2*1-2-4-6-5-3-1;2-1(3,4)5/h2*6H,1-5H2;/q;;-1. The van der Waals surface area contributed by atoms with Crippen LogP contribution >= 0.6 is 0 Å². The van der Waals surface area contributed by atoms with Crippen LogP contribution in [0.15, 0.2) is 0 Å². The minimum atomic E-state index is -6.00. The first-order valence-electron chi connectivity index (χ1n) is 6.29. The monoisotopic (exact) mass is 257 g/mol. The third kappa shape index (κ3) is 21.5. The van der Waals surface area contributed by atoms with Gasteiger partial charge in [-0.1, -0.05) is 12.8 Å². The molecule has 0 bridgehead atoms. The summed E-state index contributed by atoms with van der Waals surface area (Å²) in [6.07, 6.45) is 8.43. The molecular formula is C10H22BF4N2-. The highest BCUT2D eigenvalue weighted by molar-refractivity contribution is 6.50. The Labute approximate surface area is 101 Å². The lowest BCUT2D eigenvalue weighted by Crippen LogP contribution is -2.21. The highest BCUT2D eigenvalue weighted by atomic mass is 19.5. The third-order valence-corrected chi connectivity index (χ3v) is 2.41. The Morgan fingerprint density at radius 3 is 0.824 bits per heavy atom. The zero-order valence-corrected chi connectivity index (χ0v) is 10.2. The highest BCUT2D eigenvalue weighted by Crippen LogP contribution is 2.06. The van der Waals surface area contributed by atoms with E-state index < -0.39 is 7.25 Å². The van der Waals surface area contributed by atoms with Gasteiger partial charge in [0.1, 0.15) is 0 Å². The molecular weight excluding hydrogens is 235 g/mol. The van der Waals surface area contributed by atoms with Crippen molar-refractivity contribution in [2.24, 2.45) is 0 Å². The molecule has 0 saturated carbocycles. The molecule has 2 rings (SSSR count). The minimum Gasteiger partial charge on any atom is -0.418 e. The van der Waals surface area contributed by atoms with Crippen molar-refractivity contribution in [1.82, 2.24) is 10.6 Å². The fourth-order valence-corrected chi connectivity index (χ4v) is 1.60. The van der Waals surface area contributed by atoms with E-state index in [9.17, 15) is 17.3 Å². The second-order valence-corrected chi connectivity index (χ2v) is 4.12. The summed E-state index contributed by atoms with van der Waals surface area (Å²) in [6, 6.07) is 0. The van der Waals surface area contributed by atoms with E-state index >= 15 is 0 Å². The smallest absolute Gasteiger partial charge is 0.418 e. The Bertz CT molecular complexity index is 118. The molecule has 0 aromatic carbocycles. The van der Waals surface area contributed by atoms with Crippen LogP contribution in [0, 0.1) is 0 Å². The lowest BCUT2D eigenvalue weighted by atomic mass is 10.2. The summed E-state index contributed by atoms with van der Waals surface area (Å²) in [5.74, 6) is 0. The number of rotatable bonds is 0. The first-order valence-corrected chi connectivity index (χ1v) is 6.29. The molecule has 2 aliphatic heterocycles. The normalized spacial score (nSPS) is 20.5. The van der Waals surface area contributed by atoms with Gasteiger partial charge in [-0.2, -0.15) is 0 Å². The molecule has 0 spiro atoms. The van der Waals surface area contributed by atoms with E-state index in [1.165, 1.54) is 64.7 Å². The third-order valence-electron chi connectivity index (χ3n) is 2.41. The molecule has 2 N–H and O–H groups in total. The van der Waals surface area contributed by atoms with Crippen LogP contribution in [0.1, 0.15) is 38.5 Å². The molecule has 17 heavy (non-hydrogen) atoms. The van der Waals surface area contributed by atoms with Crippen molar-refractivity contribution < 1.29 is 17.3 Å². The number of nitrogens with one attached hydrogen (secondary N) is 2. The number of piperidine rings is 2. The molecule has 0 unspecified atom stereocenters. The Morgan fingerprint density at radius 2 is 0.765 bits per heavy atom. The lowest BCUT2D eigenvalue weighted by Gasteiger charge is -2.08. The average Bonchev–Trinajstić information content (AvgIpc) is 2.32. The fraction of sp³-hybridized carbons (Fsp3) is 1.00. The van der Waals surface area contributed by atoms with Gasteiger partial charge in [-0.3, -0.25) is 0 Å². The van der Waals surface area contributed by atoms with Crippen molar-refractivity contribution in [1.29, 1.82) is 0 Å². The van der Waals surface area contributed by atoms with Gasteiger partial charge in [-0.15, -0.1) is 0 Å². The van der Waals surface area contributed by atoms with E-state index in [1.54, 1.807) is 0 Å². The molecule has 2 saturated heterocycles. The molecule has 0 radical (unpaired) electrons. The van der Waals surface area contributed by atoms with Crippen LogP contribution in [0.2, 0.25) is 0 Å². The van der Waals surface area contributed by atoms with Gasteiger partial charge in [-0.05, 0) is 51.9 Å². The molecule has 2 nitrogen and oxygen atoms in total. The zero-order chi connectivity index (χ0) is 13.0. The molecule has 104 valence electrons. The van der Waals surface area contributed by atoms with E-state index in [4.69, 9.17) is 0 Å². The van der Waals surface area contributed by atoms with Gasteiger partial charge < -0.3 is 27.9 Å². The second-order valence-electron chi connectivity index (χ2n) is 4.12. The summed E-state index contributed by atoms with van der Waals surface area (Å²) in [5, 5.41) is 6.57. The summed E-state index contributed by atoms with van der Waals surface area (Å²) in [7, 11) is -6.00. The van der Waals surface area contributed by atoms with Crippen molar-refractivity contribution in [2.75, 3.05) is 26.2 Å². The van der Waals surface area contributed by atoms with Gasteiger partial charge in [-0.25, -0.2) is 0 Å². The molecule has 2 heterocycles. The molecule has 0 aliphatic carbocycles. The first-order chi connectivity index (χ1) is 8.00. The molecule has 0 atom stereocenters. The fourth-order valence-electron chi connectivity index (χ4n) is 1.60. The van der Waals surface area contributed by atoms with E-state index in [0.29, 0.717) is 0 Å². The summed E-state index contributed by atoms with van der Waals surface area (Å²) >= 11 is 0. The van der Waals surface area contributed by atoms with Crippen LogP contribution in [-0.2, 0) is 0 Å². The quantitative estimate of drug-likeness (QED) is 0.515. The van der Waals surface area contributed by atoms with Crippen molar-refractivity contribution >= 4 is 7.25 Å². The largest absolute Gasteiger partial charge is 0.673 e. The predicted molar refractivity (Wildman–Crippen MR) is 63.6 cm³/mol. The van der Waals surface area contributed by atoms with Crippen LogP contribution in [0.3, 0.4) is 0 Å². The van der Waals surface area contributed by atoms with Crippen LogP contribution in [0.4, 0.5) is 17.3 Å². The van der Waals surface area contributed by atoms with Crippen molar-refractivity contribution in [3.63, 3.8) is 0 Å². The molecule has 0 aromatic heterocycles. The average molecular weight is 257 g/mol. The highest BCUT2D eigenvalue weighted by Gasteiger charge is 2.20. The summed E-state index contributed by atoms with van der Waals surface area (Å²) in [6.45, 7) is 5.00. The van der Waals surface area contributed by atoms with Crippen molar-refractivity contribution in [3.8, 4) is 0 Å². The number of hydrogen-bond acceptors (Lipinski definition) is 2. The van der Waals surface area contributed by atoms with Gasteiger partial charge in [0, 0.05) is 0 Å². The van der Waals surface area contributed by atoms with Gasteiger partial charge in [0.2, 0.25) is 0 Å². The molecule has 2 fully saturated rings. The maximum atomic E-state index is 9.75. The topological polar surface area (TPSA) is 24.1 Å². The maximum absolute atomic E-state index is 9.75. The van der Waals surface area contributed by atoms with E-state index in [1.807, 2.05) is 0 Å². The van der Waals surface area contributed by atoms with Crippen LogP contribution in [0.5, 0.6) is 0 Å². The molecule has 0 amide bonds. The zero-order valence-electron chi connectivity index (χ0n) is 10.2. The Balaban J connectivity index is 0.000000228. The summed E-state index contributed by atoms with van der Waals surface area (Å²) in [5.41, 5.74) is 0. The molecule has 7 heteroatoms. The lowest BCUT2D eigenvalue weighted by molar-refractivity contribution is 0.368. The van der Waals surface area contributed by atoms with Crippen molar-refractivity contribution in [3.05, 3.63) is 0 Å². The van der Waals surface area contributed by atoms with E-state index in [0.717, 1.165) is 0 Å². The Kier molecular flexibility index (Phi) is 10.6. The van der Waals surface area contributed by atoms with Crippen molar-refractivity contribution in [2.45, 2.75) is 38.5 Å². The molecule has 2 aliphatic rings. The van der Waals surface area contributed by atoms with Crippen LogP contribution in [-0.4, -0.2) is 33.4 Å². The summed E-state index contributed by atoms with van der Waals surface area (Å²) in [4.78, 5) is 0. The van der Waals surface area contributed by atoms with Gasteiger partial charge in [0.05, 0.1) is 0 Å². The minimum absolute atomic E-state index is 1.25. The number of hydrogen-bond donors (Lipinski definition) is 2. The van der Waals surface area contributed by atoms with E-state index in [2.05, 4.69) is 10.6 Å². The predicted octanol–water partition coefficient (Wildman–Crippen LogP) is 2.82. The second kappa shape index (κ2) is 10.8. The van der Waals surface area contributed by atoms with Gasteiger partial charge in [0.15, 0.2) is 0 Å². The Morgan fingerprint density at radius 1 is 0.529 bits per heavy atom. The number of halogens is 4. The van der Waals surface area contributed by atoms with Gasteiger partial charge >= 0.3 is 7.25 Å². The SMILES string of the molecule is C1CCNCC1.C1CCNCC1.F[B-](F)(F)F. The Hall–Kier alpha value is -0.295. The van der Waals surface area contributed by atoms with Gasteiger partial charge in [0.25, 0.3) is 0 Å². The summed E-state index contributed by atoms with van der Waals surface area (Å²) < 4.78 is 39.0.